The SMILES string of the molecule is [2H]C1(N2Cc3cnc(Nc4ccc(N5CCN(C)CC5)cc4)nc3N(C)C2=O)CCN(C(=O)C=C)c2c(OC)cccc21. The number of nitrogens with one attached hydrogen (secondary N) is 1. The Bertz CT molecular complexity index is 1560. The highest BCUT2D eigenvalue weighted by molar-refractivity contribution is 6.03. The van der Waals surface area contributed by atoms with E-state index in [0.717, 1.165) is 37.4 Å². The molecule has 1 N–H and O–H groups in total. The minimum Gasteiger partial charge on any atom is -0.495 e. The summed E-state index contributed by atoms with van der Waals surface area (Å²) in [6, 6.07) is 11.7. The third-order valence-electron chi connectivity index (χ3n) is 8.14. The fraction of sp³-hybridized carbons (Fsp3) is 0.355. The molecule has 6 rings (SSSR count). The minimum atomic E-state index is -1.45. The molecular weight excluding hydrogens is 532 g/mol. The largest absolute Gasteiger partial charge is 0.495 e. The zero-order chi connectivity index (χ0) is 30.3. The number of ether oxygens (including phenoxy) is 1. The van der Waals surface area contributed by atoms with E-state index in [4.69, 9.17) is 4.74 Å². The van der Waals surface area contributed by atoms with E-state index in [1.54, 1.807) is 36.3 Å². The number of nitrogens with zero attached hydrogens (tertiary/aromatic N) is 7. The Hall–Kier alpha value is -4.64. The van der Waals surface area contributed by atoms with Crippen LogP contribution in [-0.2, 0) is 11.3 Å². The number of rotatable bonds is 6. The molecule has 3 aliphatic heterocycles. The van der Waals surface area contributed by atoms with E-state index in [1.165, 1.54) is 28.7 Å². The molecule has 218 valence electrons. The van der Waals surface area contributed by atoms with Crippen LogP contribution in [0.2, 0.25) is 0 Å². The summed E-state index contributed by atoms with van der Waals surface area (Å²) < 4.78 is 15.2. The van der Waals surface area contributed by atoms with Crippen LogP contribution in [0.4, 0.5) is 33.6 Å². The van der Waals surface area contributed by atoms with Crippen molar-refractivity contribution in [1.82, 2.24) is 19.8 Å². The number of para-hydroxylation sites is 1. The second-order valence-corrected chi connectivity index (χ2v) is 10.7. The molecule has 1 atom stereocenters. The molecule has 3 aliphatic rings. The van der Waals surface area contributed by atoms with Crippen molar-refractivity contribution in [2.24, 2.45) is 0 Å². The van der Waals surface area contributed by atoms with Crippen LogP contribution in [0.1, 0.15) is 24.9 Å². The number of amides is 3. The summed E-state index contributed by atoms with van der Waals surface area (Å²) in [5, 5.41) is 3.26. The van der Waals surface area contributed by atoms with Crippen molar-refractivity contribution in [3.8, 4) is 5.75 Å². The molecule has 11 nitrogen and oxygen atoms in total. The van der Waals surface area contributed by atoms with Gasteiger partial charge in [-0.25, -0.2) is 9.78 Å². The first-order chi connectivity index (χ1) is 20.7. The molecule has 42 heavy (non-hydrogen) atoms. The van der Waals surface area contributed by atoms with Gasteiger partial charge in [-0.2, -0.15) is 4.98 Å². The lowest BCUT2D eigenvalue weighted by Gasteiger charge is -2.43. The average molecular weight is 570 g/mol. The van der Waals surface area contributed by atoms with E-state index >= 15 is 0 Å². The molecule has 0 saturated carbocycles. The number of benzene rings is 2. The van der Waals surface area contributed by atoms with Crippen molar-refractivity contribution < 1.29 is 15.7 Å². The van der Waals surface area contributed by atoms with Gasteiger partial charge in [0.15, 0.2) is 0 Å². The predicted molar refractivity (Wildman–Crippen MR) is 164 cm³/mol. The Morgan fingerprint density at radius 1 is 1.12 bits per heavy atom. The van der Waals surface area contributed by atoms with Crippen molar-refractivity contribution >= 4 is 40.8 Å². The third-order valence-corrected chi connectivity index (χ3v) is 8.14. The zero-order valence-electron chi connectivity index (χ0n) is 25.2. The summed E-state index contributed by atoms with van der Waals surface area (Å²) in [5.74, 6) is 1.04. The fourth-order valence-corrected chi connectivity index (χ4v) is 5.80. The third kappa shape index (κ3) is 5.00. The van der Waals surface area contributed by atoms with Crippen LogP contribution in [0.5, 0.6) is 5.75 Å². The van der Waals surface area contributed by atoms with Crippen molar-refractivity contribution in [2.75, 3.05) is 73.9 Å². The maximum Gasteiger partial charge on any atom is 0.326 e. The number of urea groups is 1. The van der Waals surface area contributed by atoms with Gasteiger partial charge < -0.3 is 29.7 Å². The van der Waals surface area contributed by atoms with Gasteiger partial charge in [-0.05, 0) is 49.9 Å². The molecular formula is C31H36N8O3. The minimum absolute atomic E-state index is 0.147. The maximum absolute atomic E-state index is 13.8. The highest BCUT2D eigenvalue weighted by Crippen LogP contribution is 2.45. The van der Waals surface area contributed by atoms with E-state index in [9.17, 15) is 11.0 Å². The van der Waals surface area contributed by atoms with Crippen LogP contribution in [0, 0.1) is 0 Å². The number of likely N-dealkylation sites (N-methyl/N-ethyl adjacent to an activating group) is 1. The summed E-state index contributed by atoms with van der Waals surface area (Å²) >= 11 is 0. The summed E-state index contributed by atoms with van der Waals surface area (Å²) in [4.78, 5) is 45.0. The Morgan fingerprint density at radius 3 is 2.60 bits per heavy atom. The summed E-state index contributed by atoms with van der Waals surface area (Å²) in [7, 11) is 5.32. The van der Waals surface area contributed by atoms with Crippen LogP contribution in [0.15, 0.2) is 61.3 Å². The Morgan fingerprint density at radius 2 is 1.88 bits per heavy atom. The number of hydrogen-bond acceptors (Lipinski definition) is 8. The van der Waals surface area contributed by atoms with Crippen LogP contribution >= 0.6 is 0 Å². The second kappa shape index (κ2) is 11.3. The number of carbonyl (C=O) groups is 2. The van der Waals surface area contributed by atoms with Crippen molar-refractivity contribution in [1.29, 1.82) is 0 Å². The molecule has 2 aromatic carbocycles. The molecule has 4 heterocycles. The summed E-state index contributed by atoms with van der Waals surface area (Å²) in [6.07, 6.45) is 3.16. The van der Waals surface area contributed by atoms with Crippen molar-refractivity contribution in [2.45, 2.75) is 19.0 Å². The van der Waals surface area contributed by atoms with Gasteiger partial charge >= 0.3 is 6.03 Å². The molecule has 3 aromatic rings. The predicted octanol–water partition coefficient (Wildman–Crippen LogP) is 4.02. The van der Waals surface area contributed by atoms with Crippen LogP contribution < -0.4 is 24.8 Å². The van der Waals surface area contributed by atoms with Gasteiger partial charge in [0, 0.05) is 68.5 Å². The summed E-state index contributed by atoms with van der Waals surface area (Å²) in [6.45, 7) is 8.09. The van der Waals surface area contributed by atoms with E-state index in [2.05, 4.69) is 50.8 Å². The molecule has 1 fully saturated rings. The molecule has 0 aliphatic carbocycles. The molecule has 1 saturated heterocycles. The molecule has 0 radical (unpaired) electrons. The molecule has 11 heteroatoms. The molecule has 3 amide bonds. The van der Waals surface area contributed by atoms with Gasteiger partial charge in [-0.3, -0.25) is 9.69 Å². The standard InChI is InChI=1S/C31H36N8O3/c1-5-27(40)38-14-13-25(24-7-6-8-26(42-4)28(24)38)39-20-21-19-32-30(34-29(21)36(3)31(39)41)33-22-9-11-23(12-10-22)37-17-15-35(2)16-18-37/h5-12,19,25H,1,13-18,20H2,2-4H3,(H,32,33,34)/i25D. The average Bonchev–Trinajstić information content (AvgIpc) is 3.03. The second-order valence-electron chi connectivity index (χ2n) is 10.7. The quantitative estimate of drug-likeness (QED) is 0.445. The molecule has 1 unspecified atom stereocenters. The van der Waals surface area contributed by atoms with Crippen molar-refractivity contribution in [3.63, 3.8) is 0 Å². The van der Waals surface area contributed by atoms with Gasteiger partial charge in [0.1, 0.15) is 11.6 Å². The number of hydrogen-bond donors (Lipinski definition) is 1. The van der Waals surface area contributed by atoms with Crippen LogP contribution in [0.25, 0.3) is 0 Å². The van der Waals surface area contributed by atoms with E-state index in [-0.39, 0.29) is 31.4 Å². The van der Waals surface area contributed by atoms with Crippen molar-refractivity contribution in [3.05, 3.63) is 72.4 Å². The first-order valence-corrected chi connectivity index (χ1v) is 14.1. The Kier molecular flexibility index (Phi) is 7.08. The number of methoxy groups -OCH3 is 1. The smallest absolute Gasteiger partial charge is 0.326 e. The lowest BCUT2D eigenvalue weighted by Crippen LogP contribution is -2.49. The Labute approximate surface area is 247 Å². The first kappa shape index (κ1) is 26.3. The van der Waals surface area contributed by atoms with Gasteiger partial charge in [-0.15, -0.1) is 0 Å². The number of aromatic nitrogens is 2. The lowest BCUT2D eigenvalue weighted by atomic mass is 9.93. The highest BCUT2D eigenvalue weighted by atomic mass is 16.5. The van der Waals surface area contributed by atoms with Gasteiger partial charge in [-0.1, -0.05) is 18.7 Å². The number of piperazine rings is 1. The van der Waals surface area contributed by atoms with Gasteiger partial charge in [0.25, 0.3) is 0 Å². The van der Waals surface area contributed by atoms with E-state index in [0.29, 0.717) is 28.8 Å². The van der Waals surface area contributed by atoms with Crippen LogP contribution in [0.3, 0.4) is 0 Å². The topological polar surface area (TPSA) is 97.4 Å². The zero-order valence-corrected chi connectivity index (χ0v) is 24.2. The molecule has 1 aromatic heterocycles. The Balaban J connectivity index is 1.24. The fourth-order valence-electron chi connectivity index (χ4n) is 5.80. The highest BCUT2D eigenvalue weighted by Gasteiger charge is 2.39. The van der Waals surface area contributed by atoms with Gasteiger partial charge in [0.2, 0.25) is 11.9 Å². The number of fused-ring (bicyclic) bond motifs is 2. The molecule has 0 bridgehead atoms. The van der Waals surface area contributed by atoms with E-state index < -0.39 is 6.02 Å². The van der Waals surface area contributed by atoms with E-state index in [1.807, 2.05) is 12.1 Å². The number of carbonyl (C=O) groups excluding carboxylic acids is 2. The summed E-state index contributed by atoms with van der Waals surface area (Å²) in [5.41, 5.74) is 3.74. The maximum atomic E-state index is 13.8. The first-order valence-electron chi connectivity index (χ1n) is 14.6. The normalized spacial score (nSPS) is 20.9. The number of anilines is 5. The molecule has 0 spiro atoms. The lowest BCUT2D eigenvalue weighted by molar-refractivity contribution is -0.114. The van der Waals surface area contributed by atoms with Crippen LogP contribution in [-0.4, -0.2) is 85.6 Å². The monoisotopic (exact) mass is 569 g/mol. The van der Waals surface area contributed by atoms with Gasteiger partial charge in [0.05, 0.1) is 26.7 Å².